The zero-order valence-corrected chi connectivity index (χ0v) is 12.5. The second-order valence-electron chi connectivity index (χ2n) is 5.35. The molecule has 0 spiro atoms. The molecule has 7 heteroatoms. The lowest BCUT2D eigenvalue weighted by atomic mass is 9.73. The minimum atomic E-state index is -3.24. The summed E-state index contributed by atoms with van der Waals surface area (Å²) in [5, 5.41) is 8.27. The van der Waals surface area contributed by atoms with Gasteiger partial charge in [0.1, 0.15) is 0 Å². The van der Waals surface area contributed by atoms with E-state index < -0.39 is 38.9 Å². The number of hydrogen-bond acceptors (Lipinski definition) is 4. The molecule has 0 aromatic rings. The number of carboxylic acids is 1. The van der Waals surface area contributed by atoms with Gasteiger partial charge in [0.2, 0.25) is 5.91 Å². The summed E-state index contributed by atoms with van der Waals surface area (Å²) in [6.07, 6.45) is 2.20. The Bertz CT molecular complexity index is 473. The summed E-state index contributed by atoms with van der Waals surface area (Å²) in [5.74, 6) is -2.38. The predicted octanol–water partition coefficient (Wildman–Crippen LogP) is 0.377. The molecule has 4 atom stereocenters. The largest absolute Gasteiger partial charge is 0.481 e. The van der Waals surface area contributed by atoms with Crippen LogP contribution in [-0.2, 0) is 19.4 Å². The Labute approximate surface area is 113 Å². The van der Waals surface area contributed by atoms with Crippen LogP contribution in [0.15, 0.2) is 0 Å². The molecule has 1 saturated carbocycles. The lowest BCUT2D eigenvalue weighted by Crippen LogP contribution is -2.51. The van der Waals surface area contributed by atoms with Gasteiger partial charge in [-0.1, -0.05) is 0 Å². The standard InChI is InChI=1S/C12H21NO5S/c1-7(8(2)19(4,17)18)13(3)11(14)9-5-6-10(9)12(15)16/h7-10H,5-6H2,1-4H3,(H,15,16). The molecule has 1 aliphatic carbocycles. The van der Waals surface area contributed by atoms with Gasteiger partial charge in [-0.25, -0.2) is 8.42 Å². The van der Waals surface area contributed by atoms with Crippen molar-refractivity contribution < 1.29 is 23.1 Å². The van der Waals surface area contributed by atoms with Gasteiger partial charge >= 0.3 is 5.97 Å². The van der Waals surface area contributed by atoms with Gasteiger partial charge in [0.25, 0.3) is 0 Å². The second-order valence-corrected chi connectivity index (χ2v) is 7.76. The number of sulfone groups is 1. The third kappa shape index (κ3) is 3.26. The molecule has 1 rings (SSSR count). The van der Waals surface area contributed by atoms with Gasteiger partial charge in [-0.05, 0) is 26.7 Å². The van der Waals surface area contributed by atoms with E-state index in [1.165, 1.54) is 11.9 Å². The van der Waals surface area contributed by atoms with Crippen molar-refractivity contribution in [2.75, 3.05) is 13.3 Å². The van der Waals surface area contributed by atoms with Crippen LogP contribution in [0.2, 0.25) is 0 Å². The van der Waals surface area contributed by atoms with E-state index in [0.29, 0.717) is 12.8 Å². The van der Waals surface area contributed by atoms with E-state index in [1.807, 2.05) is 0 Å². The quantitative estimate of drug-likeness (QED) is 0.790. The average molecular weight is 291 g/mol. The fourth-order valence-corrected chi connectivity index (χ4v) is 3.12. The highest BCUT2D eigenvalue weighted by atomic mass is 32.2. The number of amides is 1. The summed E-state index contributed by atoms with van der Waals surface area (Å²) in [4.78, 5) is 24.5. The van der Waals surface area contributed by atoms with Crippen LogP contribution in [0.3, 0.4) is 0 Å². The monoisotopic (exact) mass is 291 g/mol. The van der Waals surface area contributed by atoms with E-state index in [-0.39, 0.29) is 5.91 Å². The minimum Gasteiger partial charge on any atom is -0.481 e. The molecule has 0 radical (unpaired) electrons. The maximum absolute atomic E-state index is 12.2. The highest BCUT2D eigenvalue weighted by molar-refractivity contribution is 7.91. The maximum atomic E-state index is 12.2. The number of aliphatic carboxylic acids is 1. The Morgan fingerprint density at radius 3 is 2.00 bits per heavy atom. The molecule has 110 valence electrons. The SMILES string of the molecule is CC(C(C)S(C)(=O)=O)N(C)C(=O)C1CCC1C(=O)O. The molecule has 0 bridgehead atoms. The zero-order chi connectivity index (χ0) is 15.0. The van der Waals surface area contributed by atoms with Crippen LogP contribution in [0, 0.1) is 11.8 Å². The number of carbonyl (C=O) groups is 2. The molecule has 1 aliphatic rings. The molecule has 0 aromatic carbocycles. The Morgan fingerprint density at radius 2 is 1.68 bits per heavy atom. The number of carboxylic acid groups (broad SMARTS) is 1. The lowest BCUT2D eigenvalue weighted by molar-refractivity contribution is -0.156. The van der Waals surface area contributed by atoms with Crippen LogP contribution in [0.25, 0.3) is 0 Å². The van der Waals surface area contributed by atoms with E-state index in [9.17, 15) is 18.0 Å². The van der Waals surface area contributed by atoms with Gasteiger partial charge in [-0.2, -0.15) is 0 Å². The third-order valence-corrected chi connectivity index (χ3v) is 5.97. The lowest BCUT2D eigenvalue weighted by Gasteiger charge is -2.38. The Morgan fingerprint density at radius 1 is 1.21 bits per heavy atom. The maximum Gasteiger partial charge on any atom is 0.307 e. The molecule has 0 aromatic heterocycles. The highest BCUT2D eigenvalue weighted by Crippen LogP contribution is 2.36. The molecule has 19 heavy (non-hydrogen) atoms. The van der Waals surface area contributed by atoms with E-state index in [1.54, 1.807) is 13.8 Å². The second kappa shape index (κ2) is 5.48. The molecule has 1 N–H and O–H groups in total. The number of hydrogen-bond donors (Lipinski definition) is 1. The van der Waals surface area contributed by atoms with Crippen molar-refractivity contribution in [3.8, 4) is 0 Å². The van der Waals surface area contributed by atoms with Crippen LogP contribution in [0.1, 0.15) is 26.7 Å². The molecular weight excluding hydrogens is 270 g/mol. The summed E-state index contributed by atoms with van der Waals surface area (Å²) in [7, 11) is -1.70. The van der Waals surface area contributed by atoms with Crippen LogP contribution in [0.4, 0.5) is 0 Å². The topological polar surface area (TPSA) is 91.8 Å². The first-order chi connectivity index (χ1) is 8.57. The molecule has 1 fully saturated rings. The summed E-state index contributed by atoms with van der Waals surface area (Å²) >= 11 is 0. The van der Waals surface area contributed by atoms with E-state index in [4.69, 9.17) is 5.11 Å². The summed E-state index contributed by atoms with van der Waals surface area (Å²) < 4.78 is 23.0. The zero-order valence-electron chi connectivity index (χ0n) is 11.7. The third-order valence-electron chi connectivity index (χ3n) is 4.22. The Balaban J connectivity index is 2.75. The average Bonchev–Trinajstić information content (AvgIpc) is 2.22. The van der Waals surface area contributed by atoms with Crippen LogP contribution < -0.4 is 0 Å². The van der Waals surface area contributed by atoms with Gasteiger partial charge in [0.15, 0.2) is 9.84 Å². The minimum absolute atomic E-state index is 0.276. The van der Waals surface area contributed by atoms with Gasteiger partial charge in [0, 0.05) is 19.3 Å². The number of carbonyl (C=O) groups excluding carboxylic acids is 1. The molecule has 0 saturated heterocycles. The van der Waals surface area contributed by atoms with Gasteiger partial charge in [-0.15, -0.1) is 0 Å². The van der Waals surface area contributed by atoms with Crippen LogP contribution in [-0.4, -0.2) is 54.9 Å². The fourth-order valence-electron chi connectivity index (χ4n) is 2.23. The Kier molecular flexibility index (Phi) is 4.60. The first-order valence-electron chi connectivity index (χ1n) is 6.25. The smallest absolute Gasteiger partial charge is 0.307 e. The summed E-state index contributed by atoms with van der Waals surface area (Å²) in [6, 6.07) is -0.474. The van der Waals surface area contributed by atoms with Crippen molar-refractivity contribution in [3.63, 3.8) is 0 Å². The predicted molar refractivity (Wildman–Crippen MR) is 70.4 cm³/mol. The Hall–Kier alpha value is -1.11. The molecule has 6 nitrogen and oxygen atoms in total. The molecule has 0 aliphatic heterocycles. The fraction of sp³-hybridized carbons (Fsp3) is 0.833. The van der Waals surface area contributed by atoms with Gasteiger partial charge in [0.05, 0.1) is 17.1 Å². The molecule has 4 unspecified atom stereocenters. The van der Waals surface area contributed by atoms with Crippen LogP contribution in [0.5, 0.6) is 0 Å². The van der Waals surface area contributed by atoms with Crippen molar-refractivity contribution >= 4 is 21.7 Å². The number of nitrogens with zero attached hydrogens (tertiary/aromatic N) is 1. The van der Waals surface area contributed by atoms with E-state index >= 15 is 0 Å². The van der Waals surface area contributed by atoms with Crippen molar-refractivity contribution in [2.45, 2.75) is 38.0 Å². The summed E-state index contributed by atoms with van der Waals surface area (Å²) in [5.41, 5.74) is 0. The highest BCUT2D eigenvalue weighted by Gasteiger charge is 2.44. The molecule has 0 heterocycles. The van der Waals surface area contributed by atoms with Gasteiger partial charge in [-0.3, -0.25) is 9.59 Å². The van der Waals surface area contributed by atoms with Crippen molar-refractivity contribution in [3.05, 3.63) is 0 Å². The molecule has 1 amide bonds. The summed E-state index contributed by atoms with van der Waals surface area (Å²) in [6.45, 7) is 3.22. The number of rotatable bonds is 5. The van der Waals surface area contributed by atoms with E-state index in [2.05, 4.69) is 0 Å². The normalized spacial score (nSPS) is 26.1. The van der Waals surface area contributed by atoms with Crippen molar-refractivity contribution in [1.29, 1.82) is 0 Å². The van der Waals surface area contributed by atoms with E-state index in [0.717, 1.165) is 6.26 Å². The van der Waals surface area contributed by atoms with Gasteiger partial charge < -0.3 is 10.0 Å². The first-order valence-corrected chi connectivity index (χ1v) is 8.21. The van der Waals surface area contributed by atoms with Crippen LogP contribution >= 0.6 is 0 Å². The van der Waals surface area contributed by atoms with Crippen molar-refractivity contribution in [1.82, 2.24) is 4.90 Å². The first kappa shape index (κ1) is 15.9. The van der Waals surface area contributed by atoms with Crippen molar-refractivity contribution in [2.24, 2.45) is 11.8 Å². The molecular formula is C12H21NO5S.